The zero-order valence-electron chi connectivity index (χ0n) is 7.62. The number of amides is 1. The van der Waals surface area contributed by atoms with Crippen molar-refractivity contribution in [1.29, 1.82) is 0 Å². The molecule has 1 aromatic heterocycles. The van der Waals surface area contributed by atoms with Crippen LogP contribution in [-0.4, -0.2) is 16.8 Å². The van der Waals surface area contributed by atoms with E-state index in [4.69, 9.17) is 11.6 Å². The van der Waals surface area contributed by atoms with E-state index >= 15 is 0 Å². The maximum Gasteiger partial charge on any atom is 0.227 e. The third-order valence-electron chi connectivity index (χ3n) is 2.09. The maximum absolute atomic E-state index is 11.2. The summed E-state index contributed by atoms with van der Waals surface area (Å²) in [5.74, 6) is 0.939. The monoisotopic (exact) mass is 230 g/mol. The number of alkyl halides is 1. The van der Waals surface area contributed by atoms with Crippen LogP contribution in [0.2, 0.25) is 0 Å². The van der Waals surface area contributed by atoms with E-state index in [-0.39, 0.29) is 5.91 Å². The van der Waals surface area contributed by atoms with E-state index in [1.807, 2.05) is 5.38 Å². The van der Waals surface area contributed by atoms with Gasteiger partial charge in [0, 0.05) is 23.6 Å². The number of carbonyl (C=O) groups is 1. The van der Waals surface area contributed by atoms with Gasteiger partial charge in [-0.2, -0.15) is 0 Å². The van der Waals surface area contributed by atoms with E-state index in [0.717, 1.165) is 5.69 Å². The average Bonchev–Trinajstić information content (AvgIpc) is 2.89. The Balaban J connectivity index is 1.92. The smallest absolute Gasteiger partial charge is 0.227 e. The van der Waals surface area contributed by atoms with Crippen LogP contribution in [0, 0.1) is 0 Å². The van der Waals surface area contributed by atoms with Crippen molar-refractivity contribution in [2.24, 2.45) is 0 Å². The number of thiazole rings is 1. The van der Waals surface area contributed by atoms with E-state index in [0.29, 0.717) is 23.4 Å². The molecule has 3 nitrogen and oxygen atoms in total. The first kappa shape index (κ1) is 9.93. The van der Waals surface area contributed by atoms with Crippen LogP contribution >= 0.6 is 22.9 Å². The van der Waals surface area contributed by atoms with Crippen LogP contribution in [0.3, 0.4) is 0 Å². The number of nitrogens with zero attached hydrogens (tertiary/aromatic N) is 1. The molecule has 1 heterocycles. The normalized spacial score (nSPS) is 15.5. The van der Waals surface area contributed by atoms with Crippen LogP contribution in [-0.2, 0) is 4.79 Å². The minimum absolute atomic E-state index is 0.0586. The van der Waals surface area contributed by atoms with Crippen molar-refractivity contribution in [1.82, 2.24) is 4.98 Å². The van der Waals surface area contributed by atoms with Gasteiger partial charge in [-0.3, -0.25) is 4.79 Å². The minimum Gasteiger partial charge on any atom is -0.302 e. The Kier molecular flexibility index (Phi) is 3.03. The molecule has 0 spiro atoms. The van der Waals surface area contributed by atoms with Gasteiger partial charge in [0.2, 0.25) is 5.91 Å². The molecule has 0 radical (unpaired) electrons. The molecule has 0 aromatic carbocycles. The van der Waals surface area contributed by atoms with Crippen molar-refractivity contribution in [2.45, 2.75) is 25.2 Å². The lowest BCUT2D eigenvalue weighted by molar-refractivity contribution is -0.115. The number of hydrogen-bond donors (Lipinski definition) is 1. The molecule has 14 heavy (non-hydrogen) atoms. The molecule has 1 amide bonds. The third kappa shape index (κ3) is 2.45. The van der Waals surface area contributed by atoms with Gasteiger partial charge in [-0.05, 0) is 12.8 Å². The van der Waals surface area contributed by atoms with E-state index in [1.54, 1.807) is 0 Å². The Bertz CT molecular complexity index is 335. The first-order valence-corrected chi connectivity index (χ1v) is 6.02. The number of aromatic nitrogens is 1. The van der Waals surface area contributed by atoms with E-state index < -0.39 is 0 Å². The van der Waals surface area contributed by atoms with Gasteiger partial charge in [-0.15, -0.1) is 22.9 Å². The summed E-state index contributed by atoms with van der Waals surface area (Å²) in [7, 11) is 0. The molecule has 0 aliphatic heterocycles. The molecular weight excluding hydrogens is 220 g/mol. The summed E-state index contributed by atoms with van der Waals surface area (Å²) in [5, 5.41) is 5.45. The molecule has 1 aromatic rings. The third-order valence-corrected chi connectivity index (χ3v) is 3.05. The summed E-state index contributed by atoms with van der Waals surface area (Å²) in [6, 6.07) is 0. The second-order valence-corrected chi connectivity index (χ2v) is 4.58. The summed E-state index contributed by atoms with van der Waals surface area (Å²) in [6.45, 7) is 0. The van der Waals surface area contributed by atoms with Crippen molar-refractivity contribution in [3.8, 4) is 0 Å². The highest BCUT2D eigenvalue weighted by Crippen LogP contribution is 2.40. The Hall–Kier alpha value is -0.610. The van der Waals surface area contributed by atoms with Crippen LogP contribution < -0.4 is 5.32 Å². The molecule has 0 bridgehead atoms. The number of carbonyl (C=O) groups excluding carboxylic acids is 1. The highest BCUT2D eigenvalue weighted by Gasteiger charge is 2.26. The molecule has 1 aliphatic rings. The first-order chi connectivity index (χ1) is 6.79. The molecule has 5 heteroatoms. The average molecular weight is 231 g/mol. The Morgan fingerprint density at radius 3 is 3.14 bits per heavy atom. The number of hydrogen-bond acceptors (Lipinski definition) is 3. The highest BCUT2D eigenvalue weighted by atomic mass is 35.5. The van der Waals surface area contributed by atoms with Gasteiger partial charge in [-0.25, -0.2) is 4.98 Å². The molecule has 1 N–H and O–H groups in total. The maximum atomic E-state index is 11.2. The predicted molar refractivity (Wildman–Crippen MR) is 58.1 cm³/mol. The molecule has 0 atom stereocenters. The quantitative estimate of drug-likeness (QED) is 0.808. The topological polar surface area (TPSA) is 42.0 Å². The van der Waals surface area contributed by atoms with Gasteiger partial charge >= 0.3 is 0 Å². The summed E-state index contributed by atoms with van der Waals surface area (Å²) >= 11 is 6.94. The van der Waals surface area contributed by atoms with Crippen molar-refractivity contribution in [3.05, 3.63) is 11.1 Å². The molecule has 1 fully saturated rings. The summed E-state index contributed by atoms with van der Waals surface area (Å²) in [5.41, 5.74) is 1.12. The van der Waals surface area contributed by atoms with Gasteiger partial charge in [-0.1, -0.05) is 0 Å². The molecule has 1 aliphatic carbocycles. The van der Waals surface area contributed by atoms with E-state index in [1.165, 1.54) is 24.2 Å². The molecule has 1 saturated carbocycles. The first-order valence-electron chi connectivity index (χ1n) is 4.61. The van der Waals surface area contributed by atoms with Gasteiger partial charge in [0.15, 0.2) is 5.13 Å². The van der Waals surface area contributed by atoms with Crippen LogP contribution in [0.25, 0.3) is 0 Å². The van der Waals surface area contributed by atoms with Gasteiger partial charge in [0.1, 0.15) is 0 Å². The Labute approximate surface area is 91.5 Å². The second-order valence-electron chi connectivity index (χ2n) is 3.34. The van der Waals surface area contributed by atoms with Crippen molar-refractivity contribution >= 4 is 34.0 Å². The highest BCUT2D eigenvalue weighted by molar-refractivity contribution is 7.13. The van der Waals surface area contributed by atoms with E-state index in [2.05, 4.69) is 10.3 Å². The fraction of sp³-hybridized carbons (Fsp3) is 0.556. The molecule has 0 saturated heterocycles. The van der Waals surface area contributed by atoms with Crippen LogP contribution in [0.4, 0.5) is 5.13 Å². The van der Waals surface area contributed by atoms with Crippen LogP contribution in [0.5, 0.6) is 0 Å². The lowest BCUT2D eigenvalue weighted by atomic mass is 10.3. The number of rotatable bonds is 4. The standard InChI is InChI=1S/C9H11ClN2OS/c10-4-3-8(13)12-9-11-7(5-14-9)6-1-2-6/h5-6H,1-4H2,(H,11,12,13). The lowest BCUT2D eigenvalue weighted by Crippen LogP contribution is -2.11. The van der Waals surface area contributed by atoms with Crippen molar-refractivity contribution < 1.29 is 4.79 Å². The van der Waals surface area contributed by atoms with Crippen LogP contribution in [0.1, 0.15) is 30.9 Å². The molecule has 76 valence electrons. The number of halogens is 1. The van der Waals surface area contributed by atoms with Crippen LogP contribution in [0.15, 0.2) is 5.38 Å². The predicted octanol–water partition coefficient (Wildman–Crippen LogP) is 2.59. The SMILES string of the molecule is O=C(CCCl)Nc1nc(C2CC2)cs1. The second kappa shape index (κ2) is 4.28. The summed E-state index contributed by atoms with van der Waals surface area (Å²) < 4.78 is 0. The largest absolute Gasteiger partial charge is 0.302 e. The number of anilines is 1. The number of nitrogens with one attached hydrogen (secondary N) is 1. The molecular formula is C9H11ClN2OS. The van der Waals surface area contributed by atoms with E-state index in [9.17, 15) is 4.79 Å². The van der Waals surface area contributed by atoms with Crippen molar-refractivity contribution in [2.75, 3.05) is 11.2 Å². The minimum atomic E-state index is -0.0586. The Morgan fingerprint density at radius 1 is 1.71 bits per heavy atom. The van der Waals surface area contributed by atoms with Gasteiger partial charge in [0.25, 0.3) is 0 Å². The fourth-order valence-corrected chi connectivity index (χ4v) is 2.16. The zero-order chi connectivity index (χ0) is 9.97. The van der Waals surface area contributed by atoms with Gasteiger partial charge < -0.3 is 5.32 Å². The Morgan fingerprint density at radius 2 is 2.50 bits per heavy atom. The lowest BCUT2D eigenvalue weighted by Gasteiger charge is -1.97. The summed E-state index contributed by atoms with van der Waals surface area (Å²) in [4.78, 5) is 15.5. The van der Waals surface area contributed by atoms with Gasteiger partial charge in [0.05, 0.1) is 5.69 Å². The summed E-state index contributed by atoms with van der Waals surface area (Å²) in [6.07, 6.45) is 2.82. The van der Waals surface area contributed by atoms with Crippen molar-refractivity contribution in [3.63, 3.8) is 0 Å². The zero-order valence-corrected chi connectivity index (χ0v) is 9.20. The fourth-order valence-electron chi connectivity index (χ4n) is 1.18. The molecule has 0 unspecified atom stereocenters. The molecule has 2 rings (SSSR count).